The number of methoxy groups -OCH3 is 1. The van der Waals surface area contributed by atoms with E-state index in [-0.39, 0.29) is 28.8 Å². The normalized spacial score (nSPS) is 14.1. The summed E-state index contributed by atoms with van der Waals surface area (Å²) in [5.41, 5.74) is -1.00. The number of hydrogen-bond acceptors (Lipinski definition) is 6. The van der Waals surface area contributed by atoms with Gasteiger partial charge in [-0.05, 0) is 36.6 Å². The Kier molecular flexibility index (Phi) is 8.05. The molecule has 1 aromatic heterocycles. The Morgan fingerprint density at radius 3 is 2.45 bits per heavy atom. The second-order valence-corrected chi connectivity index (χ2v) is 8.91. The van der Waals surface area contributed by atoms with Crippen molar-refractivity contribution in [3.8, 4) is 17.6 Å². The summed E-state index contributed by atoms with van der Waals surface area (Å²) in [6.45, 7) is -1.98. The first-order chi connectivity index (χ1) is 18.3. The molecule has 38 heavy (non-hydrogen) atoms. The van der Waals surface area contributed by atoms with Gasteiger partial charge in [0.05, 0.1) is 24.7 Å². The molecule has 12 heteroatoms. The van der Waals surface area contributed by atoms with Gasteiger partial charge in [0.25, 0.3) is 5.56 Å². The highest BCUT2D eigenvalue weighted by atomic mass is 19.1. The molecule has 0 saturated carbocycles. The zero-order valence-corrected chi connectivity index (χ0v) is 20.5. The number of halogens is 3. The molecule has 9 nitrogen and oxygen atoms in total. The van der Waals surface area contributed by atoms with Crippen molar-refractivity contribution in [2.75, 3.05) is 33.5 Å². The van der Waals surface area contributed by atoms with Gasteiger partial charge < -0.3 is 14.4 Å². The number of amides is 1. The molecule has 0 aliphatic carbocycles. The number of benzene rings is 2. The first kappa shape index (κ1) is 26.8. The van der Waals surface area contributed by atoms with Gasteiger partial charge in [-0.2, -0.15) is 5.26 Å². The van der Waals surface area contributed by atoms with Crippen molar-refractivity contribution in [3.63, 3.8) is 0 Å². The Labute approximate surface area is 215 Å². The maximum atomic E-state index is 14.7. The maximum absolute atomic E-state index is 14.7. The average Bonchev–Trinajstić information content (AvgIpc) is 2.93. The van der Waals surface area contributed by atoms with Gasteiger partial charge in [-0.15, -0.1) is 0 Å². The van der Waals surface area contributed by atoms with Crippen molar-refractivity contribution in [2.45, 2.75) is 31.5 Å². The van der Waals surface area contributed by atoms with Gasteiger partial charge in [-0.1, -0.05) is 6.07 Å². The predicted octanol–water partition coefficient (Wildman–Crippen LogP) is 2.71. The number of alkyl halides is 2. The Hall–Kier alpha value is -4.27. The van der Waals surface area contributed by atoms with Crippen LogP contribution in [-0.4, -0.2) is 60.1 Å². The van der Waals surface area contributed by atoms with Crippen LogP contribution in [0, 0.1) is 17.1 Å². The van der Waals surface area contributed by atoms with E-state index in [1.54, 1.807) is 11.0 Å². The molecule has 0 unspecified atom stereocenters. The fraction of sp³-hybridized carbons (Fsp3) is 0.385. The lowest BCUT2D eigenvalue weighted by molar-refractivity contribution is -0.119. The molecule has 3 aromatic rings. The molecule has 1 aliphatic heterocycles. The number of piperidine rings is 1. The standard InChI is InChI=1S/C26H25F3N4O5/c1-37-22-3-2-16(8-17(22)13-30)14-32-25(35)24-21(9-18(29)10-23(24)38-20(11-27)12-28)33(26(32)36)19-4-6-31(15-34)7-5-19/h2-3,8-10,15,19-20H,4-7,11-12,14H2,1H3. The lowest BCUT2D eigenvalue weighted by Crippen LogP contribution is -2.44. The summed E-state index contributed by atoms with van der Waals surface area (Å²) in [5, 5.41) is 9.23. The van der Waals surface area contributed by atoms with Gasteiger partial charge in [0, 0.05) is 25.2 Å². The third-order valence-corrected chi connectivity index (χ3v) is 6.58. The molecule has 1 amide bonds. The van der Waals surface area contributed by atoms with E-state index >= 15 is 0 Å². The first-order valence-corrected chi connectivity index (χ1v) is 11.9. The summed E-state index contributed by atoms with van der Waals surface area (Å²) in [7, 11) is 1.40. The fourth-order valence-corrected chi connectivity index (χ4v) is 4.67. The second kappa shape index (κ2) is 11.4. The van der Waals surface area contributed by atoms with Crippen LogP contribution < -0.4 is 20.7 Å². The SMILES string of the molecule is COc1ccc(Cn2c(=O)c3c(OC(CF)CF)cc(F)cc3n(C3CCN(C=O)CC3)c2=O)cc1C#N. The number of likely N-dealkylation sites (tertiary alicyclic amines) is 1. The van der Waals surface area contributed by atoms with E-state index in [4.69, 9.17) is 9.47 Å². The summed E-state index contributed by atoms with van der Waals surface area (Å²) in [6.07, 6.45) is -0.146. The van der Waals surface area contributed by atoms with Crippen molar-refractivity contribution in [1.29, 1.82) is 5.26 Å². The third-order valence-electron chi connectivity index (χ3n) is 6.58. The molecule has 2 aromatic carbocycles. The molecule has 0 N–H and O–H groups in total. The number of aromatic nitrogens is 2. The van der Waals surface area contributed by atoms with E-state index in [0.717, 1.165) is 16.7 Å². The van der Waals surface area contributed by atoms with E-state index in [1.807, 2.05) is 6.07 Å². The molecule has 2 heterocycles. The van der Waals surface area contributed by atoms with E-state index in [0.29, 0.717) is 43.7 Å². The molecule has 0 spiro atoms. The van der Waals surface area contributed by atoms with Gasteiger partial charge in [-0.3, -0.25) is 18.7 Å². The van der Waals surface area contributed by atoms with Crippen LogP contribution in [-0.2, 0) is 11.3 Å². The summed E-state index contributed by atoms with van der Waals surface area (Å²) >= 11 is 0. The van der Waals surface area contributed by atoms with Gasteiger partial charge in [-0.25, -0.2) is 18.0 Å². The zero-order chi connectivity index (χ0) is 27.4. The smallest absolute Gasteiger partial charge is 0.332 e. The Balaban J connectivity index is 1.96. The van der Waals surface area contributed by atoms with Gasteiger partial charge in [0.1, 0.15) is 42.1 Å². The van der Waals surface area contributed by atoms with Crippen molar-refractivity contribution in [1.82, 2.24) is 14.0 Å². The highest BCUT2D eigenvalue weighted by molar-refractivity contribution is 5.85. The average molecular weight is 531 g/mol. The van der Waals surface area contributed by atoms with Gasteiger partial charge in [0.15, 0.2) is 6.10 Å². The Bertz CT molecular complexity index is 1500. The molecule has 1 fully saturated rings. The van der Waals surface area contributed by atoms with E-state index in [2.05, 4.69) is 0 Å². The number of hydrogen-bond donors (Lipinski definition) is 0. The number of nitrogens with zero attached hydrogens (tertiary/aromatic N) is 4. The molecule has 200 valence electrons. The van der Waals surface area contributed by atoms with Crippen LogP contribution in [0.15, 0.2) is 39.9 Å². The molecule has 1 aliphatic rings. The van der Waals surface area contributed by atoms with Crippen molar-refractivity contribution < 1.29 is 27.4 Å². The van der Waals surface area contributed by atoms with E-state index in [9.17, 15) is 32.8 Å². The molecule has 4 rings (SSSR count). The number of fused-ring (bicyclic) bond motifs is 1. The number of ether oxygens (including phenoxy) is 2. The molecule has 0 radical (unpaired) electrons. The molecule has 0 bridgehead atoms. The maximum Gasteiger partial charge on any atom is 0.332 e. The fourth-order valence-electron chi connectivity index (χ4n) is 4.67. The number of carbonyl (C=O) groups excluding carboxylic acids is 1. The molecule has 0 atom stereocenters. The minimum absolute atomic E-state index is 0.0697. The Morgan fingerprint density at radius 1 is 1.13 bits per heavy atom. The van der Waals surface area contributed by atoms with Crippen LogP contribution in [0.2, 0.25) is 0 Å². The Morgan fingerprint density at radius 2 is 1.84 bits per heavy atom. The predicted molar refractivity (Wildman–Crippen MR) is 132 cm³/mol. The molecule has 1 saturated heterocycles. The quantitative estimate of drug-likeness (QED) is 0.394. The summed E-state index contributed by atoms with van der Waals surface area (Å²) in [5.74, 6) is -0.921. The largest absolute Gasteiger partial charge is 0.495 e. The van der Waals surface area contributed by atoms with Crippen LogP contribution in [0.5, 0.6) is 11.5 Å². The van der Waals surface area contributed by atoms with E-state index in [1.165, 1.54) is 23.8 Å². The van der Waals surface area contributed by atoms with Gasteiger partial charge in [0.2, 0.25) is 6.41 Å². The monoisotopic (exact) mass is 530 g/mol. The van der Waals surface area contributed by atoms with Crippen LogP contribution in [0.1, 0.15) is 30.0 Å². The lowest BCUT2D eigenvalue weighted by Gasteiger charge is -2.31. The highest BCUT2D eigenvalue weighted by Crippen LogP contribution is 2.30. The summed E-state index contributed by atoms with van der Waals surface area (Å²) < 4.78 is 54.0. The van der Waals surface area contributed by atoms with Crippen molar-refractivity contribution >= 4 is 17.3 Å². The van der Waals surface area contributed by atoms with E-state index < -0.39 is 42.6 Å². The topological polar surface area (TPSA) is 107 Å². The summed E-state index contributed by atoms with van der Waals surface area (Å²) in [6, 6.07) is 7.97. The van der Waals surface area contributed by atoms with Crippen LogP contribution in [0.3, 0.4) is 0 Å². The number of nitriles is 1. The van der Waals surface area contributed by atoms with Crippen LogP contribution in [0.4, 0.5) is 13.2 Å². The molecular weight excluding hydrogens is 505 g/mol. The third kappa shape index (κ3) is 5.09. The first-order valence-electron chi connectivity index (χ1n) is 11.9. The minimum atomic E-state index is -1.57. The van der Waals surface area contributed by atoms with Crippen LogP contribution in [0.25, 0.3) is 10.9 Å². The second-order valence-electron chi connectivity index (χ2n) is 8.91. The van der Waals surface area contributed by atoms with Crippen LogP contribution >= 0.6 is 0 Å². The zero-order valence-electron chi connectivity index (χ0n) is 20.5. The van der Waals surface area contributed by atoms with Crippen molar-refractivity contribution in [2.24, 2.45) is 0 Å². The lowest BCUT2D eigenvalue weighted by atomic mass is 10.0. The minimum Gasteiger partial charge on any atom is -0.495 e. The number of rotatable bonds is 9. The summed E-state index contributed by atoms with van der Waals surface area (Å²) in [4.78, 5) is 40.2. The van der Waals surface area contributed by atoms with Gasteiger partial charge >= 0.3 is 5.69 Å². The molecular formula is C26H25F3N4O5. The highest BCUT2D eigenvalue weighted by Gasteiger charge is 2.27. The number of carbonyl (C=O) groups is 1. The van der Waals surface area contributed by atoms with Crippen molar-refractivity contribution in [3.05, 3.63) is 68.1 Å².